The second kappa shape index (κ2) is 4.89. The van der Waals surface area contributed by atoms with Crippen molar-refractivity contribution >= 4 is 23.0 Å². The summed E-state index contributed by atoms with van der Waals surface area (Å²) in [5.74, 6) is 0.610. The molecule has 1 saturated carbocycles. The summed E-state index contributed by atoms with van der Waals surface area (Å²) in [5, 5.41) is 14.0. The smallest absolute Gasteiger partial charge is 0.271 e. The number of hydrogen-bond donors (Lipinski definition) is 2. The molecule has 0 bridgehead atoms. The van der Waals surface area contributed by atoms with Crippen molar-refractivity contribution in [2.75, 3.05) is 11.9 Å². The Balaban J connectivity index is 1.98. The highest BCUT2D eigenvalue weighted by atomic mass is 35.5. The summed E-state index contributed by atoms with van der Waals surface area (Å²) in [6.45, 7) is 0.641. The molecule has 1 unspecified atom stereocenters. The molecule has 0 spiro atoms. The van der Waals surface area contributed by atoms with E-state index in [1.165, 1.54) is 25.0 Å². The molecule has 17 heavy (non-hydrogen) atoms. The SMILES string of the molecule is NC(CNc1ccc([N+](=O)[O-])cc1Cl)C1CC1. The van der Waals surface area contributed by atoms with Crippen molar-refractivity contribution in [2.45, 2.75) is 18.9 Å². The molecule has 0 amide bonds. The van der Waals surface area contributed by atoms with Crippen LogP contribution in [-0.2, 0) is 0 Å². The van der Waals surface area contributed by atoms with E-state index < -0.39 is 4.92 Å². The molecule has 2 rings (SSSR count). The average molecular weight is 256 g/mol. The van der Waals surface area contributed by atoms with Crippen molar-refractivity contribution < 1.29 is 4.92 Å². The van der Waals surface area contributed by atoms with Crippen LogP contribution in [0.4, 0.5) is 11.4 Å². The molecule has 0 heterocycles. The van der Waals surface area contributed by atoms with Crippen molar-refractivity contribution in [3.63, 3.8) is 0 Å². The summed E-state index contributed by atoms with van der Waals surface area (Å²) >= 11 is 5.94. The molecule has 1 aromatic carbocycles. The van der Waals surface area contributed by atoms with Gasteiger partial charge in [0.05, 0.1) is 15.6 Å². The predicted molar refractivity (Wildman–Crippen MR) is 67.3 cm³/mol. The third-order valence-corrected chi connectivity index (χ3v) is 3.23. The van der Waals surface area contributed by atoms with E-state index in [9.17, 15) is 10.1 Å². The lowest BCUT2D eigenvalue weighted by molar-refractivity contribution is -0.384. The number of benzene rings is 1. The number of rotatable bonds is 5. The Labute approximate surface area is 104 Å². The molecule has 92 valence electrons. The second-order valence-corrected chi connectivity index (χ2v) is 4.71. The number of anilines is 1. The van der Waals surface area contributed by atoms with Crippen LogP contribution >= 0.6 is 11.6 Å². The lowest BCUT2D eigenvalue weighted by Crippen LogP contribution is -2.31. The second-order valence-electron chi connectivity index (χ2n) is 4.30. The summed E-state index contributed by atoms with van der Waals surface area (Å²) in [6.07, 6.45) is 2.38. The van der Waals surface area contributed by atoms with Gasteiger partial charge >= 0.3 is 0 Å². The minimum atomic E-state index is -0.467. The van der Waals surface area contributed by atoms with E-state index in [2.05, 4.69) is 5.32 Å². The highest BCUT2D eigenvalue weighted by molar-refractivity contribution is 6.33. The molecule has 0 aromatic heterocycles. The first-order chi connectivity index (χ1) is 8.08. The van der Waals surface area contributed by atoms with Gasteiger partial charge in [-0.05, 0) is 24.8 Å². The van der Waals surface area contributed by atoms with Crippen LogP contribution in [0.3, 0.4) is 0 Å². The molecule has 0 aliphatic heterocycles. The van der Waals surface area contributed by atoms with Gasteiger partial charge in [0.2, 0.25) is 0 Å². The minimum absolute atomic E-state index is 0.00737. The van der Waals surface area contributed by atoms with Gasteiger partial charge in [0.1, 0.15) is 0 Å². The predicted octanol–water partition coefficient (Wildman–Crippen LogP) is 2.40. The van der Waals surface area contributed by atoms with E-state index in [0.29, 0.717) is 23.2 Å². The Morgan fingerprint density at radius 3 is 2.82 bits per heavy atom. The normalized spacial score (nSPS) is 16.6. The van der Waals surface area contributed by atoms with E-state index >= 15 is 0 Å². The van der Waals surface area contributed by atoms with Gasteiger partial charge in [0.25, 0.3) is 5.69 Å². The van der Waals surface area contributed by atoms with Crippen LogP contribution in [0.2, 0.25) is 5.02 Å². The van der Waals surface area contributed by atoms with Crippen molar-refractivity contribution in [3.05, 3.63) is 33.3 Å². The van der Waals surface area contributed by atoms with Crippen LogP contribution in [0, 0.1) is 16.0 Å². The summed E-state index contributed by atoms with van der Waals surface area (Å²) in [5.41, 5.74) is 6.62. The quantitative estimate of drug-likeness (QED) is 0.625. The van der Waals surface area contributed by atoms with Crippen molar-refractivity contribution in [3.8, 4) is 0 Å². The molecule has 5 nitrogen and oxygen atoms in total. The third kappa shape index (κ3) is 3.08. The number of nitrogens with two attached hydrogens (primary N) is 1. The zero-order valence-corrected chi connectivity index (χ0v) is 9.98. The monoisotopic (exact) mass is 255 g/mol. The fourth-order valence-electron chi connectivity index (χ4n) is 1.68. The largest absolute Gasteiger partial charge is 0.382 e. The van der Waals surface area contributed by atoms with E-state index in [1.54, 1.807) is 6.07 Å². The lowest BCUT2D eigenvalue weighted by Gasteiger charge is -2.13. The number of halogens is 1. The maximum Gasteiger partial charge on any atom is 0.271 e. The maximum absolute atomic E-state index is 10.5. The Bertz CT molecular complexity index is 435. The Morgan fingerprint density at radius 2 is 2.29 bits per heavy atom. The highest BCUT2D eigenvalue weighted by Crippen LogP contribution is 2.32. The molecule has 1 atom stereocenters. The summed E-state index contributed by atoms with van der Waals surface area (Å²) in [7, 11) is 0. The van der Waals surface area contributed by atoms with Gasteiger partial charge < -0.3 is 11.1 Å². The fourth-order valence-corrected chi connectivity index (χ4v) is 1.92. The molecule has 0 saturated heterocycles. The number of hydrogen-bond acceptors (Lipinski definition) is 4. The molecule has 1 aliphatic carbocycles. The standard InChI is InChI=1S/C11H14ClN3O2/c12-9-5-8(15(16)17)3-4-11(9)14-6-10(13)7-1-2-7/h3-5,7,10,14H,1-2,6,13H2. The van der Waals surface area contributed by atoms with Crippen LogP contribution < -0.4 is 11.1 Å². The van der Waals surface area contributed by atoms with Crippen LogP contribution in [0.1, 0.15) is 12.8 Å². The van der Waals surface area contributed by atoms with Crippen LogP contribution in [0.25, 0.3) is 0 Å². The first-order valence-corrected chi connectivity index (χ1v) is 5.89. The number of nitrogens with zero attached hydrogens (tertiary/aromatic N) is 1. The molecule has 6 heteroatoms. The van der Waals surface area contributed by atoms with E-state index in [-0.39, 0.29) is 11.7 Å². The first kappa shape index (κ1) is 12.1. The number of nitro groups is 1. The molecule has 1 aromatic rings. The van der Waals surface area contributed by atoms with E-state index in [1.807, 2.05) is 0 Å². The van der Waals surface area contributed by atoms with Gasteiger partial charge in [-0.15, -0.1) is 0 Å². The minimum Gasteiger partial charge on any atom is -0.382 e. The highest BCUT2D eigenvalue weighted by Gasteiger charge is 2.28. The fraction of sp³-hybridized carbons (Fsp3) is 0.455. The van der Waals surface area contributed by atoms with Crippen molar-refractivity contribution in [1.29, 1.82) is 0 Å². The summed E-state index contributed by atoms with van der Waals surface area (Å²) in [4.78, 5) is 10.1. The molecule has 0 radical (unpaired) electrons. The van der Waals surface area contributed by atoms with Gasteiger partial charge in [0.15, 0.2) is 0 Å². The number of non-ortho nitro benzene ring substituents is 1. The third-order valence-electron chi connectivity index (χ3n) is 2.92. The van der Waals surface area contributed by atoms with Gasteiger partial charge in [-0.3, -0.25) is 10.1 Å². The van der Waals surface area contributed by atoms with Gasteiger partial charge in [-0.1, -0.05) is 11.6 Å². The maximum atomic E-state index is 10.5. The van der Waals surface area contributed by atoms with E-state index in [0.717, 1.165) is 0 Å². The Kier molecular flexibility index (Phi) is 3.49. The van der Waals surface area contributed by atoms with Gasteiger partial charge in [0, 0.05) is 24.7 Å². The molecule has 1 fully saturated rings. The summed E-state index contributed by atoms with van der Waals surface area (Å²) in [6, 6.07) is 4.50. The lowest BCUT2D eigenvalue weighted by atomic mass is 10.2. The summed E-state index contributed by atoms with van der Waals surface area (Å²) < 4.78 is 0. The molecular formula is C11H14ClN3O2. The zero-order chi connectivity index (χ0) is 12.4. The average Bonchev–Trinajstić information content (AvgIpc) is 3.10. The first-order valence-electron chi connectivity index (χ1n) is 5.51. The van der Waals surface area contributed by atoms with Crippen LogP contribution in [0.5, 0.6) is 0 Å². The number of nitro benzene ring substituents is 1. The van der Waals surface area contributed by atoms with Gasteiger partial charge in [-0.25, -0.2) is 0 Å². The van der Waals surface area contributed by atoms with Crippen molar-refractivity contribution in [1.82, 2.24) is 0 Å². The van der Waals surface area contributed by atoms with Gasteiger partial charge in [-0.2, -0.15) is 0 Å². The Morgan fingerprint density at radius 1 is 1.59 bits per heavy atom. The molecule has 3 N–H and O–H groups in total. The zero-order valence-electron chi connectivity index (χ0n) is 9.23. The Hall–Kier alpha value is -1.33. The van der Waals surface area contributed by atoms with Crippen LogP contribution in [-0.4, -0.2) is 17.5 Å². The van der Waals surface area contributed by atoms with Crippen molar-refractivity contribution in [2.24, 2.45) is 11.7 Å². The topological polar surface area (TPSA) is 81.2 Å². The molecular weight excluding hydrogens is 242 g/mol. The van der Waals surface area contributed by atoms with Crippen LogP contribution in [0.15, 0.2) is 18.2 Å². The number of nitrogens with one attached hydrogen (secondary N) is 1. The van der Waals surface area contributed by atoms with E-state index in [4.69, 9.17) is 17.3 Å². The molecule has 1 aliphatic rings.